The second-order valence-corrected chi connectivity index (χ2v) is 9.30. The molecule has 2 aliphatic rings. The first-order valence-corrected chi connectivity index (χ1v) is 11.9. The molecule has 0 radical (unpaired) electrons. The number of carbonyl (C=O) groups excluding carboxylic acids is 1. The van der Waals surface area contributed by atoms with E-state index in [4.69, 9.17) is 18.9 Å². The van der Waals surface area contributed by atoms with E-state index in [1.165, 1.54) is 26.4 Å². The first-order chi connectivity index (χ1) is 15.3. The van der Waals surface area contributed by atoms with E-state index in [-0.39, 0.29) is 6.54 Å². The fourth-order valence-electron chi connectivity index (χ4n) is 3.47. The van der Waals surface area contributed by atoms with Crippen molar-refractivity contribution >= 4 is 22.0 Å². The van der Waals surface area contributed by atoms with Crippen molar-refractivity contribution in [3.05, 3.63) is 34.8 Å². The fourth-order valence-corrected chi connectivity index (χ4v) is 4.60. The number of ether oxygens (including phenoxy) is 4. The predicted molar refractivity (Wildman–Crippen MR) is 120 cm³/mol. The Morgan fingerprint density at radius 3 is 2.34 bits per heavy atom. The second-order valence-electron chi connectivity index (χ2n) is 7.56. The summed E-state index contributed by atoms with van der Waals surface area (Å²) >= 11 is 0. The molecule has 1 fully saturated rings. The molecule has 2 aliphatic heterocycles. The quantitative estimate of drug-likeness (QED) is 0.545. The van der Waals surface area contributed by atoms with Gasteiger partial charge in [-0.15, -0.1) is 0 Å². The summed E-state index contributed by atoms with van der Waals surface area (Å²) in [7, 11) is -0.882. The van der Waals surface area contributed by atoms with E-state index in [0.29, 0.717) is 35.8 Å². The third kappa shape index (κ3) is 6.02. The average molecular weight is 467 g/mol. The van der Waals surface area contributed by atoms with E-state index in [1.54, 1.807) is 19.1 Å². The monoisotopic (exact) mass is 466 g/mol. The van der Waals surface area contributed by atoms with Gasteiger partial charge in [0, 0.05) is 32.3 Å². The van der Waals surface area contributed by atoms with Gasteiger partial charge >= 0.3 is 0 Å². The Labute approximate surface area is 189 Å². The van der Waals surface area contributed by atoms with Gasteiger partial charge in [-0.05, 0) is 37.1 Å². The average Bonchev–Trinajstić information content (AvgIpc) is 2.78. The highest BCUT2D eigenvalue weighted by atomic mass is 32.2. The molecule has 1 saturated heterocycles. The Hall–Kier alpha value is -2.56. The molecule has 1 amide bonds. The number of methoxy groups -OCH3 is 2. The highest BCUT2D eigenvalue weighted by Crippen LogP contribution is 2.39. The van der Waals surface area contributed by atoms with Crippen LogP contribution in [0.4, 0.5) is 0 Å². The van der Waals surface area contributed by atoms with Crippen LogP contribution in [0.5, 0.6) is 17.2 Å². The predicted octanol–water partition coefficient (Wildman–Crippen LogP) is 1.89. The van der Waals surface area contributed by atoms with E-state index in [9.17, 15) is 13.2 Å². The van der Waals surface area contributed by atoms with Crippen LogP contribution in [0, 0.1) is 0 Å². The molecule has 2 heterocycles. The summed E-state index contributed by atoms with van der Waals surface area (Å²) in [6.07, 6.45) is 3.29. The van der Waals surface area contributed by atoms with Crippen molar-refractivity contribution in [2.75, 3.05) is 60.2 Å². The van der Waals surface area contributed by atoms with Gasteiger partial charge in [0.2, 0.25) is 5.75 Å². The van der Waals surface area contributed by atoms with Gasteiger partial charge in [0.25, 0.3) is 15.9 Å². The summed E-state index contributed by atoms with van der Waals surface area (Å²) in [5.41, 5.74) is 1.41. The van der Waals surface area contributed by atoms with E-state index < -0.39 is 15.9 Å². The molecule has 0 aromatic heterocycles. The largest absolute Gasteiger partial charge is 0.493 e. The number of rotatable bonds is 9. The van der Waals surface area contributed by atoms with E-state index >= 15 is 0 Å². The van der Waals surface area contributed by atoms with Crippen molar-refractivity contribution < 1.29 is 32.2 Å². The van der Waals surface area contributed by atoms with Gasteiger partial charge in [-0.1, -0.05) is 5.57 Å². The van der Waals surface area contributed by atoms with Gasteiger partial charge in [0.1, 0.15) is 6.61 Å². The van der Waals surface area contributed by atoms with Crippen molar-refractivity contribution in [1.29, 1.82) is 0 Å². The van der Waals surface area contributed by atoms with Crippen LogP contribution >= 0.6 is 0 Å². The maximum absolute atomic E-state index is 12.6. The van der Waals surface area contributed by atoms with Gasteiger partial charge in [-0.3, -0.25) is 9.69 Å². The summed E-state index contributed by atoms with van der Waals surface area (Å²) < 4.78 is 48.3. The summed E-state index contributed by atoms with van der Waals surface area (Å²) in [5, 5.41) is 1.02. The van der Waals surface area contributed by atoms with Crippen LogP contribution in [-0.4, -0.2) is 83.7 Å². The van der Waals surface area contributed by atoms with Crippen LogP contribution in [0.25, 0.3) is 6.08 Å². The maximum atomic E-state index is 12.6. The molecule has 10 heteroatoms. The minimum atomic E-state index is -3.90. The van der Waals surface area contributed by atoms with Gasteiger partial charge in [-0.2, -0.15) is 0 Å². The van der Waals surface area contributed by atoms with Crippen LogP contribution in [0.15, 0.2) is 29.2 Å². The van der Waals surface area contributed by atoms with Gasteiger partial charge in [0.15, 0.2) is 11.5 Å². The Kier molecular flexibility index (Phi) is 8.16. The maximum Gasteiger partial charge on any atom is 0.260 e. The van der Waals surface area contributed by atoms with Gasteiger partial charge in [0.05, 0.1) is 32.8 Å². The summed E-state index contributed by atoms with van der Waals surface area (Å²) in [5.74, 6) is 0.777. The molecule has 0 bridgehead atoms. The van der Waals surface area contributed by atoms with Crippen LogP contribution in [0.3, 0.4) is 0 Å². The number of hydrogen-bond acceptors (Lipinski definition) is 8. The first-order valence-electron chi connectivity index (χ1n) is 10.4. The molecular weight excluding hydrogens is 436 g/mol. The van der Waals surface area contributed by atoms with Crippen LogP contribution in [0.2, 0.25) is 0 Å². The molecule has 0 unspecified atom stereocenters. The third-order valence-electron chi connectivity index (χ3n) is 5.31. The topological polar surface area (TPSA) is 94.6 Å². The molecule has 0 aliphatic carbocycles. The lowest BCUT2D eigenvalue weighted by atomic mass is 10.1. The fraction of sp³-hybridized carbons (Fsp3) is 0.500. The number of hydrogen-bond donors (Lipinski definition) is 0. The molecular formula is C22H30N2O7S. The zero-order chi connectivity index (χ0) is 23.1. The first kappa shape index (κ1) is 24.1. The minimum Gasteiger partial charge on any atom is -0.493 e. The smallest absolute Gasteiger partial charge is 0.260 e. The highest BCUT2D eigenvalue weighted by Gasteiger charge is 2.26. The molecule has 32 heavy (non-hydrogen) atoms. The van der Waals surface area contributed by atoms with Crippen molar-refractivity contribution in [1.82, 2.24) is 9.21 Å². The van der Waals surface area contributed by atoms with Crippen LogP contribution in [-0.2, 0) is 19.6 Å². The number of carbonyl (C=O) groups is 1. The molecule has 1 aromatic rings. The minimum absolute atomic E-state index is 0.135. The molecule has 0 spiro atoms. The molecule has 0 atom stereocenters. The van der Waals surface area contributed by atoms with E-state index in [1.807, 2.05) is 0 Å². The normalized spacial score (nSPS) is 18.0. The molecule has 9 nitrogen and oxygen atoms in total. The third-order valence-corrected chi connectivity index (χ3v) is 6.76. The van der Waals surface area contributed by atoms with Crippen LogP contribution < -0.4 is 14.2 Å². The SMILES string of the molecule is COc1cc(/C=C/S(=O)(=O)N2CCC(C)=CC2=O)cc(OC)c1OCCN1CCOCC1. The molecule has 0 N–H and O–H groups in total. The second kappa shape index (κ2) is 10.8. The van der Waals surface area contributed by atoms with Crippen LogP contribution in [0.1, 0.15) is 18.9 Å². The standard InChI is InChI=1S/C22H30N2O7S/c1-17-4-6-24(21(25)14-17)32(26,27)13-5-18-15-19(28-2)22(20(16-18)29-3)31-12-9-23-7-10-30-11-8-23/h5,13-16H,4,6-12H2,1-3H3/b13-5+. The Bertz CT molecular complexity index is 957. The molecule has 0 saturated carbocycles. The van der Waals surface area contributed by atoms with Gasteiger partial charge < -0.3 is 18.9 Å². The number of amides is 1. The number of nitrogens with zero attached hydrogens (tertiary/aromatic N) is 2. The number of morpholine rings is 1. The van der Waals surface area contributed by atoms with Crippen molar-refractivity contribution in [3.63, 3.8) is 0 Å². The zero-order valence-electron chi connectivity index (χ0n) is 18.7. The van der Waals surface area contributed by atoms with Crippen molar-refractivity contribution in [3.8, 4) is 17.2 Å². The highest BCUT2D eigenvalue weighted by molar-refractivity contribution is 7.92. The van der Waals surface area contributed by atoms with Crippen molar-refractivity contribution in [2.24, 2.45) is 0 Å². The van der Waals surface area contributed by atoms with E-state index in [2.05, 4.69) is 4.90 Å². The Morgan fingerprint density at radius 2 is 1.75 bits per heavy atom. The summed E-state index contributed by atoms with van der Waals surface area (Å²) in [6, 6.07) is 3.33. The Morgan fingerprint density at radius 1 is 1.09 bits per heavy atom. The Balaban J connectivity index is 1.74. The summed E-state index contributed by atoms with van der Waals surface area (Å²) in [6.45, 7) is 6.30. The lowest BCUT2D eigenvalue weighted by molar-refractivity contribution is -0.122. The number of benzene rings is 1. The zero-order valence-corrected chi connectivity index (χ0v) is 19.5. The molecule has 1 aromatic carbocycles. The molecule has 176 valence electrons. The number of sulfonamides is 1. The lowest BCUT2D eigenvalue weighted by Crippen LogP contribution is -2.38. The summed E-state index contributed by atoms with van der Waals surface area (Å²) in [4.78, 5) is 14.3. The van der Waals surface area contributed by atoms with Crippen molar-refractivity contribution in [2.45, 2.75) is 13.3 Å². The van der Waals surface area contributed by atoms with E-state index in [0.717, 1.165) is 48.1 Å². The lowest BCUT2D eigenvalue weighted by Gasteiger charge is -2.26. The molecule has 3 rings (SSSR count). The van der Waals surface area contributed by atoms with Gasteiger partial charge in [-0.25, -0.2) is 12.7 Å².